The lowest BCUT2D eigenvalue weighted by Gasteiger charge is -2.19. The number of carboxylic acids is 1. The van der Waals surface area contributed by atoms with E-state index in [4.69, 9.17) is 14.2 Å². The Morgan fingerprint density at radius 1 is 1.02 bits per heavy atom. The number of unbranched alkanes of at least 4 members (excludes halogenated alkanes) is 1. The summed E-state index contributed by atoms with van der Waals surface area (Å²) in [6, 6.07) is 11.0. The Labute approximate surface area is 237 Å². The topological polar surface area (TPSA) is 141 Å². The Kier molecular flexibility index (Phi) is 10.3. The molecule has 3 aromatic rings. The van der Waals surface area contributed by atoms with E-state index in [-0.39, 0.29) is 12.1 Å². The first-order valence-electron chi connectivity index (χ1n) is 13.0. The highest BCUT2D eigenvalue weighted by atomic mass is 19.1. The average molecular weight is 571 g/mol. The van der Waals surface area contributed by atoms with Crippen LogP contribution in [0.25, 0.3) is 16.9 Å². The molecule has 12 heteroatoms. The van der Waals surface area contributed by atoms with Gasteiger partial charge in [-0.2, -0.15) is 5.10 Å². The first-order valence-corrected chi connectivity index (χ1v) is 13.0. The van der Waals surface area contributed by atoms with E-state index in [9.17, 15) is 23.9 Å². The second kappa shape index (κ2) is 13.6. The summed E-state index contributed by atoms with van der Waals surface area (Å²) in [5, 5.41) is 19.3. The minimum absolute atomic E-state index is 0.0601. The van der Waals surface area contributed by atoms with Crippen molar-refractivity contribution in [2.24, 2.45) is 0 Å². The molecule has 1 aromatic heterocycles. The molecular formula is C29H35FN4O7. The fourth-order valence-electron chi connectivity index (χ4n) is 4.02. The second-order valence-electron chi connectivity index (χ2n) is 10.1. The van der Waals surface area contributed by atoms with Crippen LogP contribution in [0.3, 0.4) is 0 Å². The van der Waals surface area contributed by atoms with Crippen LogP contribution in [-0.2, 0) is 9.53 Å². The van der Waals surface area contributed by atoms with Crippen LogP contribution in [0.2, 0.25) is 0 Å². The molecule has 1 heterocycles. The van der Waals surface area contributed by atoms with Crippen molar-refractivity contribution >= 4 is 18.0 Å². The van der Waals surface area contributed by atoms with Crippen LogP contribution >= 0.6 is 0 Å². The van der Waals surface area contributed by atoms with Crippen molar-refractivity contribution in [1.82, 2.24) is 20.4 Å². The third-order valence-electron chi connectivity index (χ3n) is 5.89. The van der Waals surface area contributed by atoms with Gasteiger partial charge in [-0.15, -0.1) is 0 Å². The van der Waals surface area contributed by atoms with E-state index in [2.05, 4.69) is 15.7 Å². The molecule has 3 rings (SSSR count). The number of benzene rings is 2. The Balaban J connectivity index is 1.80. The van der Waals surface area contributed by atoms with Gasteiger partial charge in [0, 0.05) is 6.54 Å². The normalized spacial score (nSPS) is 11.9. The van der Waals surface area contributed by atoms with Crippen molar-refractivity contribution in [2.45, 2.75) is 51.7 Å². The molecule has 1 unspecified atom stereocenters. The quantitative estimate of drug-likeness (QED) is 0.269. The maximum absolute atomic E-state index is 13.7. The molecule has 0 aliphatic heterocycles. The number of ether oxygens (including phenoxy) is 3. The Morgan fingerprint density at radius 2 is 1.66 bits per heavy atom. The van der Waals surface area contributed by atoms with Crippen LogP contribution < -0.4 is 20.1 Å². The van der Waals surface area contributed by atoms with Gasteiger partial charge < -0.3 is 30.0 Å². The van der Waals surface area contributed by atoms with Gasteiger partial charge in [-0.1, -0.05) is 6.07 Å². The minimum atomic E-state index is -1.21. The molecule has 2 aromatic carbocycles. The van der Waals surface area contributed by atoms with Crippen LogP contribution in [0.1, 0.15) is 50.5 Å². The van der Waals surface area contributed by atoms with Crippen molar-refractivity contribution in [3.63, 3.8) is 0 Å². The fourth-order valence-corrected chi connectivity index (χ4v) is 4.02. The third-order valence-corrected chi connectivity index (χ3v) is 5.89. The first kappa shape index (κ1) is 30.9. The summed E-state index contributed by atoms with van der Waals surface area (Å²) >= 11 is 0. The van der Waals surface area contributed by atoms with Gasteiger partial charge in [-0.3, -0.25) is 4.79 Å². The summed E-state index contributed by atoms with van der Waals surface area (Å²) in [7, 11) is 2.98. The van der Waals surface area contributed by atoms with Gasteiger partial charge in [-0.05, 0) is 82.5 Å². The number of halogens is 1. The lowest BCUT2D eigenvalue weighted by Crippen LogP contribution is -2.41. The van der Waals surface area contributed by atoms with Crippen molar-refractivity contribution in [3.8, 4) is 28.4 Å². The number of aromatic nitrogens is 2. The third kappa shape index (κ3) is 8.44. The zero-order chi connectivity index (χ0) is 30.2. The molecule has 0 bridgehead atoms. The number of hydrogen-bond acceptors (Lipinski definition) is 7. The van der Waals surface area contributed by atoms with E-state index in [0.717, 1.165) is 0 Å². The standard InChI is InChI=1S/C29H35FN4O7/c1-29(2,3)41-28(38)31-16-7-6-9-20(27(36)37)32-26(35)21-17-22(25-23(39-4)10-8-11-24(25)40-5)34(33-21)19-14-12-18(30)13-15-19/h8,10-15,17,20H,6-7,9,16H2,1-5H3,(H,31,38)(H,32,35)(H,36,37). The monoisotopic (exact) mass is 570 g/mol. The first-order chi connectivity index (χ1) is 19.4. The molecule has 0 saturated heterocycles. The number of rotatable bonds is 12. The highest BCUT2D eigenvalue weighted by Crippen LogP contribution is 2.39. The molecule has 0 radical (unpaired) electrons. The molecule has 1 atom stereocenters. The van der Waals surface area contributed by atoms with Crippen LogP contribution in [-0.4, -0.2) is 65.3 Å². The lowest BCUT2D eigenvalue weighted by atomic mass is 10.1. The molecule has 41 heavy (non-hydrogen) atoms. The molecule has 220 valence electrons. The van der Waals surface area contributed by atoms with Crippen LogP contribution in [0.4, 0.5) is 9.18 Å². The molecular weight excluding hydrogens is 535 g/mol. The van der Waals surface area contributed by atoms with Gasteiger partial charge in [0.25, 0.3) is 5.91 Å². The van der Waals surface area contributed by atoms with E-state index >= 15 is 0 Å². The van der Waals surface area contributed by atoms with Crippen LogP contribution in [0.15, 0.2) is 48.5 Å². The van der Waals surface area contributed by atoms with Crippen molar-refractivity contribution in [3.05, 3.63) is 60.0 Å². The number of methoxy groups -OCH3 is 2. The van der Waals surface area contributed by atoms with Gasteiger partial charge >= 0.3 is 12.1 Å². The zero-order valence-corrected chi connectivity index (χ0v) is 23.7. The smallest absolute Gasteiger partial charge is 0.407 e. The number of alkyl carbamates (subject to hydrolysis) is 1. The second-order valence-corrected chi connectivity index (χ2v) is 10.1. The highest BCUT2D eigenvalue weighted by Gasteiger charge is 2.26. The maximum atomic E-state index is 13.7. The summed E-state index contributed by atoms with van der Waals surface area (Å²) in [6.07, 6.45) is 0.472. The molecule has 0 fully saturated rings. The molecule has 3 N–H and O–H groups in total. The molecule has 0 aliphatic rings. The van der Waals surface area contributed by atoms with Gasteiger partial charge in [0.15, 0.2) is 5.69 Å². The fraction of sp³-hybridized carbons (Fsp3) is 0.379. The van der Waals surface area contributed by atoms with Crippen LogP contribution in [0.5, 0.6) is 11.5 Å². The largest absolute Gasteiger partial charge is 0.496 e. The Morgan fingerprint density at radius 3 is 2.22 bits per heavy atom. The summed E-state index contributed by atoms with van der Waals surface area (Å²) in [4.78, 5) is 36.9. The Bertz CT molecular complexity index is 1340. The summed E-state index contributed by atoms with van der Waals surface area (Å²) < 4.78 is 31.3. The molecule has 11 nitrogen and oxygen atoms in total. The molecule has 0 aliphatic carbocycles. The van der Waals surface area contributed by atoms with Crippen molar-refractivity contribution in [2.75, 3.05) is 20.8 Å². The number of carbonyl (C=O) groups is 3. The number of carboxylic acid groups (broad SMARTS) is 1. The SMILES string of the molecule is COc1cccc(OC)c1-c1cc(C(=O)NC(CCCCNC(=O)OC(C)(C)C)C(=O)O)nn1-c1ccc(F)cc1. The summed E-state index contributed by atoms with van der Waals surface area (Å²) in [5.74, 6) is -1.46. The number of nitrogens with one attached hydrogen (secondary N) is 2. The number of aliphatic carboxylic acids is 1. The summed E-state index contributed by atoms with van der Waals surface area (Å²) in [6.45, 7) is 5.56. The number of amides is 2. The van der Waals surface area contributed by atoms with E-state index < -0.39 is 35.4 Å². The van der Waals surface area contributed by atoms with E-state index in [1.54, 1.807) is 39.0 Å². The number of hydrogen-bond donors (Lipinski definition) is 3. The average Bonchev–Trinajstić information content (AvgIpc) is 3.36. The maximum Gasteiger partial charge on any atom is 0.407 e. The lowest BCUT2D eigenvalue weighted by molar-refractivity contribution is -0.139. The van der Waals surface area contributed by atoms with E-state index in [0.29, 0.717) is 47.8 Å². The van der Waals surface area contributed by atoms with Gasteiger partial charge in [-0.25, -0.2) is 18.7 Å². The van der Waals surface area contributed by atoms with E-state index in [1.165, 1.54) is 49.2 Å². The zero-order valence-electron chi connectivity index (χ0n) is 23.7. The predicted octanol–water partition coefficient (Wildman–Crippen LogP) is 4.57. The summed E-state index contributed by atoms with van der Waals surface area (Å²) in [5.41, 5.74) is 0.691. The highest BCUT2D eigenvalue weighted by molar-refractivity contribution is 5.96. The molecule has 2 amide bonds. The van der Waals surface area contributed by atoms with Crippen molar-refractivity contribution in [1.29, 1.82) is 0 Å². The van der Waals surface area contributed by atoms with Gasteiger partial charge in [0.1, 0.15) is 29.0 Å². The van der Waals surface area contributed by atoms with Gasteiger partial charge in [0.2, 0.25) is 0 Å². The predicted molar refractivity (Wildman–Crippen MR) is 149 cm³/mol. The van der Waals surface area contributed by atoms with Crippen LogP contribution in [0, 0.1) is 5.82 Å². The number of nitrogens with zero attached hydrogens (tertiary/aromatic N) is 2. The minimum Gasteiger partial charge on any atom is -0.496 e. The molecule has 0 saturated carbocycles. The molecule has 0 spiro atoms. The number of carbonyl (C=O) groups excluding carboxylic acids is 2. The van der Waals surface area contributed by atoms with E-state index in [1.807, 2.05) is 0 Å². The Hall–Kier alpha value is -4.61. The van der Waals surface area contributed by atoms with Gasteiger partial charge in [0.05, 0.1) is 31.2 Å². The van der Waals surface area contributed by atoms with Crippen molar-refractivity contribution < 1.29 is 38.1 Å².